The molecule has 2 aromatic rings. The number of nitro benzene ring substituents is 1. The summed E-state index contributed by atoms with van der Waals surface area (Å²) in [5.74, 6) is 0.768. The second-order valence-electron chi connectivity index (χ2n) is 5.47. The fourth-order valence-corrected chi connectivity index (χ4v) is 2.69. The number of piperazine rings is 1. The summed E-state index contributed by atoms with van der Waals surface area (Å²) >= 11 is 0. The number of nitrogens with zero attached hydrogens (tertiary/aromatic N) is 4. The van der Waals surface area contributed by atoms with Gasteiger partial charge in [0.15, 0.2) is 0 Å². The van der Waals surface area contributed by atoms with Crippen LogP contribution < -0.4 is 10.2 Å². The van der Waals surface area contributed by atoms with Crippen LogP contribution in [0.2, 0.25) is 0 Å². The Bertz CT molecular complexity index is 690. The normalized spacial score (nSPS) is 22.5. The molecule has 21 heavy (non-hydrogen) atoms. The number of benzene rings is 1. The Morgan fingerprint density at radius 2 is 2.19 bits per heavy atom. The van der Waals surface area contributed by atoms with E-state index in [4.69, 9.17) is 0 Å². The largest absolute Gasteiger partial charge is 0.350 e. The molecule has 7 nitrogen and oxygen atoms in total. The van der Waals surface area contributed by atoms with Gasteiger partial charge in [0.25, 0.3) is 5.69 Å². The fourth-order valence-electron chi connectivity index (χ4n) is 2.69. The van der Waals surface area contributed by atoms with Gasteiger partial charge < -0.3 is 10.2 Å². The molecule has 0 aliphatic carbocycles. The van der Waals surface area contributed by atoms with Crippen LogP contribution in [-0.4, -0.2) is 40.1 Å². The van der Waals surface area contributed by atoms with Gasteiger partial charge in [0.1, 0.15) is 12.1 Å². The van der Waals surface area contributed by atoms with Gasteiger partial charge in [-0.05, 0) is 19.9 Å². The lowest BCUT2D eigenvalue weighted by atomic mass is 10.1. The first-order chi connectivity index (χ1) is 10.1. The van der Waals surface area contributed by atoms with Crippen LogP contribution in [0, 0.1) is 10.1 Å². The Hall–Kier alpha value is -2.28. The third kappa shape index (κ3) is 2.52. The number of hydrogen-bond acceptors (Lipinski definition) is 6. The highest BCUT2D eigenvalue weighted by atomic mass is 16.6. The lowest BCUT2D eigenvalue weighted by Crippen LogP contribution is -2.54. The molecule has 110 valence electrons. The first kappa shape index (κ1) is 13.7. The van der Waals surface area contributed by atoms with Gasteiger partial charge in [0, 0.05) is 42.7 Å². The van der Waals surface area contributed by atoms with E-state index in [1.54, 1.807) is 12.1 Å². The summed E-state index contributed by atoms with van der Waals surface area (Å²) in [6.45, 7) is 5.91. The van der Waals surface area contributed by atoms with Crippen molar-refractivity contribution in [2.75, 3.05) is 18.0 Å². The zero-order valence-electron chi connectivity index (χ0n) is 12.0. The summed E-state index contributed by atoms with van der Waals surface area (Å²) in [6.07, 6.45) is 1.52. The smallest absolute Gasteiger partial charge is 0.270 e. The Balaban J connectivity index is 2.12. The third-order valence-corrected chi connectivity index (χ3v) is 3.85. The summed E-state index contributed by atoms with van der Waals surface area (Å²) in [5, 5.41) is 15.1. The van der Waals surface area contributed by atoms with Gasteiger partial charge in [-0.2, -0.15) is 0 Å². The Kier molecular flexibility index (Phi) is 3.42. The molecule has 1 aliphatic rings. The standard InChI is InChI=1S/C14H17N5O2/c1-9-7-18(10(2)6-15-9)14-12-5-11(19(20)21)3-4-13(12)16-8-17-14/h3-5,8-10,15H,6-7H2,1-2H3. The highest BCUT2D eigenvalue weighted by Gasteiger charge is 2.25. The maximum Gasteiger partial charge on any atom is 0.270 e. The van der Waals surface area contributed by atoms with Crippen molar-refractivity contribution in [3.63, 3.8) is 0 Å². The molecule has 0 saturated carbocycles. The van der Waals surface area contributed by atoms with Gasteiger partial charge >= 0.3 is 0 Å². The molecule has 1 aromatic heterocycles. The Morgan fingerprint density at radius 1 is 1.38 bits per heavy atom. The number of non-ortho nitro benzene ring substituents is 1. The molecule has 0 bridgehead atoms. The summed E-state index contributed by atoms with van der Waals surface area (Å²) in [5.41, 5.74) is 0.790. The Morgan fingerprint density at radius 3 is 2.95 bits per heavy atom. The summed E-state index contributed by atoms with van der Waals surface area (Å²) in [7, 11) is 0. The van der Waals surface area contributed by atoms with Crippen LogP contribution in [-0.2, 0) is 0 Å². The van der Waals surface area contributed by atoms with Crippen molar-refractivity contribution in [1.82, 2.24) is 15.3 Å². The molecule has 1 aliphatic heterocycles. The number of anilines is 1. The quantitative estimate of drug-likeness (QED) is 0.669. The van der Waals surface area contributed by atoms with E-state index < -0.39 is 0 Å². The molecule has 1 N–H and O–H groups in total. The number of aromatic nitrogens is 2. The van der Waals surface area contributed by atoms with Crippen LogP contribution in [0.25, 0.3) is 10.9 Å². The average Bonchev–Trinajstić information content (AvgIpc) is 2.48. The predicted molar refractivity (Wildman–Crippen MR) is 80.5 cm³/mol. The van der Waals surface area contributed by atoms with E-state index in [1.807, 2.05) is 0 Å². The Labute approximate surface area is 122 Å². The van der Waals surface area contributed by atoms with Crippen molar-refractivity contribution in [2.45, 2.75) is 25.9 Å². The van der Waals surface area contributed by atoms with Crippen LogP contribution in [0.1, 0.15) is 13.8 Å². The van der Waals surface area contributed by atoms with Crippen LogP contribution in [0.4, 0.5) is 11.5 Å². The lowest BCUT2D eigenvalue weighted by molar-refractivity contribution is -0.384. The molecule has 0 amide bonds. The first-order valence-corrected chi connectivity index (χ1v) is 6.95. The van der Waals surface area contributed by atoms with Crippen molar-refractivity contribution >= 4 is 22.4 Å². The minimum Gasteiger partial charge on any atom is -0.350 e. The van der Waals surface area contributed by atoms with Gasteiger partial charge in [-0.1, -0.05) is 0 Å². The molecular formula is C14H17N5O2. The van der Waals surface area contributed by atoms with E-state index in [1.165, 1.54) is 12.4 Å². The van der Waals surface area contributed by atoms with E-state index in [9.17, 15) is 10.1 Å². The summed E-state index contributed by atoms with van der Waals surface area (Å²) < 4.78 is 0. The highest BCUT2D eigenvalue weighted by Crippen LogP contribution is 2.28. The van der Waals surface area contributed by atoms with Gasteiger partial charge in [0.2, 0.25) is 0 Å². The van der Waals surface area contributed by atoms with E-state index in [0.717, 1.165) is 29.8 Å². The maximum atomic E-state index is 11.0. The lowest BCUT2D eigenvalue weighted by Gasteiger charge is -2.38. The van der Waals surface area contributed by atoms with Crippen molar-refractivity contribution in [3.8, 4) is 0 Å². The van der Waals surface area contributed by atoms with Crippen LogP contribution in [0.3, 0.4) is 0 Å². The molecule has 2 heterocycles. The van der Waals surface area contributed by atoms with Crippen LogP contribution in [0.5, 0.6) is 0 Å². The minimum atomic E-state index is -0.389. The molecule has 1 fully saturated rings. The second kappa shape index (κ2) is 5.25. The number of nitro groups is 1. The van der Waals surface area contributed by atoms with E-state index in [-0.39, 0.29) is 16.7 Å². The maximum absolute atomic E-state index is 11.0. The molecule has 1 aromatic carbocycles. The molecule has 7 heteroatoms. The van der Waals surface area contributed by atoms with Crippen LogP contribution >= 0.6 is 0 Å². The number of nitrogens with one attached hydrogen (secondary N) is 1. The van der Waals surface area contributed by atoms with E-state index >= 15 is 0 Å². The molecule has 2 unspecified atom stereocenters. The number of hydrogen-bond donors (Lipinski definition) is 1. The van der Waals surface area contributed by atoms with Crippen molar-refractivity contribution < 1.29 is 4.92 Å². The molecule has 1 saturated heterocycles. The third-order valence-electron chi connectivity index (χ3n) is 3.85. The summed E-state index contributed by atoms with van der Waals surface area (Å²) in [6, 6.07) is 5.34. The average molecular weight is 287 g/mol. The molecule has 0 radical (unpaired) electrons. The molecule has 0 spiro atoms. The van der Waals surface area contributed by atoms with Crippen LogP contribution in [0.15, 0.2) is 24.5 Å². The molecular weight excluding hydrogens is 270 g/mol. The van der Waals surface area contributed by atoms with Crippen molar-refractivity contribution in [1.29, 1.82) is 0 Å². The molecule has 2 atom stereocenters. The van der Waals surface area contributed by atoms with Crippen molar-refractivity contribution in [3.05, 3.63) is 34.6 Å². The summed E-state index contributed by atoms with van der Waals surface area (Å²) in [4.78, 5) is 21.4. The van der Waals surface area contributed by atoms with E-state index in [2.05, 4.69) is 34.0 Å². The highest BCUT2D eigenvalue weighted by molar-refractivity contribution is 5.91. The van der Waals surface area contributed by atoms with Gasteiger partial charge in [-0.3, -0.25) is 10.1 Å². The number of fused-ring (bicyclic) bond motifs is 1. The van der Waals surface area contributed by atoms with E-state index in [0.29, 0.717) is 6.04 Å². The SMILES string of the molecule is CC1CN(c2ncnc3ccc([N+](=O)[O-])cc23)C(C)CN1. The molecule has 3 rings (SSSR count). The number of rotatable bonds is 2. The van der Waals surface area contributed by atoms with Gasteiger partial charge in [-0.25, -0.2) is 9.97 Å². The van der Waals surface area contributed by atoms with Crippen molar-refractivity contribution in [2.24, 2.45) is 0 Å². The van der Waals surface area contributed by atoms with Gasteiger partial charge in [-0.15, -0.1) is 0 Å². The zero-order valence-corrected chi connectivity index (χ0v) is 12.0. The topological polar surface area (TPSA) is 84.2 Å². The first-order valence-electron chi connectivity index (χ1n) is 6.95. The predicted octanol–water partition coefficient (Wildman–Crippen LogP) is 1.72. The monoisotopic (exact) mass is 287 g/mol. The second-order valence-corrected chi connectivity index (χ2v) is 5.47. The minimum absolute atomic E-state index is 0.0642. The fraction of sp³-hybridized carbons (Fsp3) is 0.429. The zero-order chi connectivity index (χ0) is 15.0. The van der Waals surface area contributed by atoms with Gasteiger partial charge in [0.05, 0.1) is 10.4 Å².